The van der Waals surface area contributed by atoms with Crippen molar-refractivity contribution in [2.24, 2.45) is 81.8 Å². The molecule has 8 nitrogen and oxygen atoms in total. The van der Waals surface area contributed by atoms with Gasteiger partial charge in [-0.15, -0.1) is 0 Å². The lowest BCUT2D eigenvalue weighted by molar-refractivity contribution is -0.138. The van der Waals surface area contributed by atoms with Gasteiger partial charge in [-0.3, -0.25) is 9.59 Å². The van der Waals surface area contributed by atoms with Crippen molar-refractivity contribution in [2.75, 3.05) is 40.6 Å². The molecule has 0 aromatic rings. The van der Waals surface area contributed by atoms with Crippen molar-refractivity contribution < 1.29 is 39.5 Å². The highest BCUT2D eigenvalue weighted by Gasteiger charge is 2.60. The van der Waals surface area contributed by atoms with Gasteiger partial charge in [0.1, 0.15) is 13.2 Å². The number of aliphatic hydroxyl groups is 4. The molecule has 8 aliphatic rings. The molecule has 0 saturated heterocycles. The van der Waals surface area contributed by atoms with Gasteiger partial charge in [0.15, 0.2) is 11.6 Å². The van der Waals surface area contributed by atoms with Gasteiger partial charge in [0.05, 0.1) is 24.4 Å². The first-order valence-corrected chi connectivity index (χ1v) is 21.5. The van der Waals surface area contributed by atoms with Crippen LogP contribution in [0.3, 0.4) is 0 Å². The second-order valence-corrected chi connectivity index (χ2v) is 20.3. The second kappa shape index (κ2) is 15.2. The minimum Gasteiger partial charge on any atom is -0.389 e. The van der Waals surface area contributed by atoms with E-state index in [4.69, 9.17) is 9.47 Å². The second-order valence-electron chi connectivity index (χ2n) is 20.3. The minimum atomic E-state index is -0.613. The molecule has 0 spiro atoms. The first-order valence-electron chi connectivity index (χ1n) is 21.5. The predicted octanol–water partition coefficient (Wildman–Crippen LogP) is 6.39. The molecule has 296 valence electrons. The van der Waals surface area contributed by atoms with Crippen LogP contribution in [0.15, 0.2) is 0 Å². The molecular formula is C44H72O8. The number of fused-ring (bicyclic) bond motifs is 10. The Morgan fingerprint density at radius 1 is 0.519 bits per heavy atom. The van der Waals surface area contributed by atoms with E-state index in [2.05, 4.69) is 13.8 Å². The summed E-state index contributed by atoms with van der Waals surface area (Å²) in [6.45, 7) is 5.03. The van der Waals surface area contributed by atoms with Crippen LogP contribution < -0.4 is 0 Å². The van der Waals surface area contributed by atoms with E-state index in [0.717, 1.165) is 99.7 Å². The van der Waals surface area contributed by atoms with Gasteiger partial charge in [-0.2, -0.15) is 0 Å². The third kappa shape index (κ3) is 6.82. The predicted molar refractivity (Wildman–Crippen MR) is 199 cm³/mol. The molecule has 0 heterocycles. The summed E-state index contributed by atoms with van der Waals surface area (Å²) < 4.78 is 10.6. The van der Waals surface area contributed by atoms with E-state index in [1.165, 1.54) is 51.4 Å². The zero-order valence-electron chi connectivity index (χ0n) is 32.9. The molecular weight excluding hydrogens is 656 g/mol. The number of carbonyl (C=O) groups is 2. The molecule has 4 N–H and O–H groups in total. The van der Waals surface area contributed by atoms with E-state index < -0.39 is 11.2 Å². The minimum absolute atomic E-state index is 0.0735. The molecule has 0 bridgehead atoms. The van der Waals surface area contributed by atoms with Crippen molar-refractivity contribution in [1.29, 1.82) is 0 Å². The maximum Gasteiger partial charge on any atom is 0.161 e. The van der Waals surface area contributed by atoms with E-state index in [-0.39, 0.29) is 47.4 Å². The first-order chi connectivity index (χ1) is 24.8. The van der Waals surface area contributed by atoms with Crippen LogP contribution in [0, 0.1) is 81.8 Å². The summed E-state index contributed by atoms with van der Waals surface area (Å²) >= 11 is 0. The van der Waals surface area contributed by atoms with E-state index in [1.807, 2.05) is 0 Å². The van der Waals surface area contributed by atoms with Crippen LogP contribution in [-0.2, 0) is 19.1 Å². The normalized spacial score (nSPS) is 50.6. The van der Waals surface area contributed by atoms with Crippen molar-refractivity contribution in [3.63, 3.8) is 0 Å². The number of methoxy groups -OCH3 is 2. The van der Waals surface area contributed by atoms with Gasteiger partial charge < -0.3 is 29.9 Å². The number of Topliss-reactive ketones (excluding diaryl/α,β-unsaturated/α-hetero) is 2. The number of carbonyl (C=O) groups excluding carboxylic acids is 2. The van der Waals surface area contributed by atoms with Crippen LogP contribution in [0.1, 0.15) is 129 Å². The van der Waals surface area contributed by atoms with Crippen LogP contribution in [0.5, 0.6) is 0 Å². The molecule has 0 amide bonds. The van der Waals surface area contributed by atoms with Crippen LogP contribution in [0.4, 0.5) is 0 Å². The summed E-state index contributed by atoms with van der Waals surface area (Å²) in [5.41, 5.74) is -1.01. The largest absolute Gasteiger partial charge is 0.389 e. The Morgan fingerprint density at radius 3 is 1.27 bits per heavy atom. The molecule has 8 saturated carbocycles. The molecule has 0 radical (unpaired) electrons. The number of ether oxygens (including phenoxy) is 2. The molecule has 8 heteroatoms. The van der Waals surface area contributed by atoms with E-state index in [1.54, 1.807) is 14.2 Å². The van der Waals surface area contributed by atoms with Crippen LogP contribution in [0.25, 0.3) is 0 Å². The fraction of sp³-hybridized carbons (Fsp3) is 0.955. The number of ketones is 2. The summed E-state index contributed by atoms with van der Waals surface area (Å²) in [6, 6.07) is 0. The molecule has 8 fully saturated rings. The summed E-state index contributed by atoms with van der Waals surface area (Å²) in [7, 11) is 3.38. The summed E-state index contributed by atoms with van der Waals surface area (Å²) in [6.07, 6.45) is 19.8. The van der Waals surface area contributed by atoms with Crippen molar-refractivity contribution in [3.8, 4) is 0 Å². The molecule has 0 unspecified atom stereocenters. The fourth-order valence-corrected chi connectivity index (χ4v) is 16.0. The molecule has 0 aromatic heterocycles. The monoisotopic (exact) mass is 729 g/mol. The van der Waals surface area contributed by atoms with E-state index in [0.29, 0.717) is 36.9 Å². The molecule has 52 heavy (non-hydrogen) atoms. The highest BCUT2D eigenvalue weighted by molar-refractivity contribution is 5.83. The third-order valence-corrected chi connectivity index (χ3v) is 18.1. The van der Waals surface area contributed by atoms with Crippen molar-refractivity contribution in [3.05, 3.63) is 0 Å². The van der Waals surface area contributed by atoms with Gasteiger partial charge in [-0.25, -0.2) is 0 Å². The molecule has 8 aliphatic carbocycles. The molecule has 8 rings (SSSR count). The average molecular weight is 729 g/mol. The van der Waals surface area contributed by atoms with Gasteiger partial charge in [0.2, 0.25) is 0 Å². The Labute approximate surface area is 313 Å². The fourth-order valence-electron chi connectivity index (χ4n) is 16.0. The van der Waals surface area contributed by atoms with Crippen molar-refractivity contribution in [2.45, 2.75) is 141 Å². The van der Waals surface area contributed by atoms with Gasteiger partial charge in [-0.1, -0.05) is 13.8 Å². The SMILES string of the molecule is COC[C@@]1(O)CC[C@H]2[C@@H](CC[C@@H]3[C@@H]2CC[C@]2(C)[C@@H](C(=O)CO)CC[C@@H]32)C1.COC[C@]1(O)CC[C@H]2[C@@H](CC[C@@H]3[C@@H]2CC[C@]2(C)[C@@H](C(=O)CO)CC[C@@H]32)C1. The van der Waals surface area contributed by atoms with E-state index in [9.17, 15) is 30.0 Å². The lowest BCUT2D eigenvalue weighted by atomic mass is 9.49. The summed E-state index contributed by atoms with van der Waals surface area (Å²) in [4.78, 5) is 24.6. The van der Waals surface area contributed by atoms with Crippen molar-refractivity contribution in [1.82, 2.24) is 0 Å². The summed E-state index contributed by atoms with van der Waals surface area (Å²) in [5, 5.41) is 40.5. The van der Waals surface area contributed by atoms with Crippen LogP contribution >= 0.6 is 0 Å². The Balaban J connectivity index is 0.000000162. The summed E-state index contributed by atoms with van der Waals surface area (Å²) in [5.74, 6) is 7.47. The zero-order valence-corrected chi connectivity index (χ0v) is 32.9. The maximum absolute atomic E-state index is 12.3. The third-order valence-electron chi connectivity index (χ3n) is 18.1. The Bertz CT molecular complexity index is 1190. The number of hydrogen-bond acceptors (Lipinski definition) is 8. The quantitative estimate of drug-likeness (QED) is 0.226. The lowest BCUT2D eigenvalue weighted by Gasteiger charge is -2.57. The standard InChI is InChI=1S/2C22H36O4/c2*1-21-9-7-16-15-8-10-22(25,13-26-2)11-14(15)3-4-17(16)18(21)5-6-19(21)20(24)12-23/h2*14-19,23,25H,3-13H2,1-2H3/t14-,15-,16+,17+,18-,19+,21-,22+;14-,15-,16+,17+,18-,19+,21-,22-/m00/s1. The lowest BCUT2D eigenvalue weighted by Crippen LogP contribution is -2.52. The maximum atomic E-state index is 12.3. The van der Waals surface area contributed by atoms with Crippen molar-refractivity contribution >= 4 is 11.6 Å². The number of rotatable bonds is 8. The van der Waals surface area contributed by atoms with Gasteiger partial charge in [0, 0.05) is 26.1 Å². The highest BCUT2D eigenvalue weighted by atomic mass is 16.5. The van der Waals surface area contributed by atoms with Crippen LogP contribution in [0.2, 0.25) is 0 Å². The highest BCUT2D eigenvalue weighted by Crippen LogP contribution is 2.66. The Morgan fingerprint density at radius 2 is 0.904 bits per heavy atom. The zero-order chi connectivity index (χ0) is 37.1. The molecule has 16 atom stereocenters. The molecule has 0 aliphatic heterocycles. The average Bonchev–Trinajstić information content (AvgIpc) is 3.67. The topological polar surface area (TPSA) is 134 Å². The van der Waals surface area contributed by atoms with Gasteiger partial charge in [-0.05, 0) is 186 Å². The Kier molecular flexibility index (Phi) is 11.5. The van der Waals surface area contributed by atoms with Gasteiger partial charge in [0.25, 0.3) is 0 Å². The number of aliphatic hydroxyl groups excluding tert-OH is 2. The van der Waals surface area contributed by atoms with E-state index >= 15 is 0 Å². The van der Waals surface area contributed by atoms with Crippen LogP contribution in [-0.4, -0.2) is 83.8 Å². The molecule has 0 aromatic carbocycles. The number of hydrogen-bond donors (Lipinski definition) is 4. The van der Waals surface area contributed by atoms with Gasteiger partial charge >= 0.3 is 0 Å². The Hall–Kier alpha value is -0.900. The first kappa shape index (κ1) is 39.3. The smallest absolute Gasteiger partial charge is 0.161 e.